The van der Waals surface area contributed by atoms with Crippen LogP contribution in [0.2, 0.25) is 0 Å². The molecule has 0 saturated heterocycles. The zero-order chi connectivity index (χ0) is 9.52. The summed E-state index contributed by atoms with van der Waals surface area (Å²) < 4.78 is 4.22. The van der Waals surface area contributed by atoms with Crippen LogP contribution in [0.4, 0.5) is 0 Å². The molecule has 0 aliphatic heterocycles. The monoisotopic (exact) mass is 213 g/mol. The van der Waals surface area contributed by atoms with E-state index in [1.165, 1.54) is 12.8 Å². The van der Waals surface area contributed by atoms with E-state index in [1.807, 2.05) is 6.20 Å². The maximum atomic E-state index is 8.41. The summed E-state index contributed by atoms with van der Waals surface area (Å²) in [5, 5.41) is 8.41. The Labute approximate surface area is 91.4 Å². The van der Waals surface area contributed by atoms with E-state index in [9.17, 15) is 0 Å². The van der Waals surface area contributed by atoms with E-state index in [0.29, 0.717) is 6.42 Å². The van der Waals surface area contributed by atoms with E-state index in [0.717, 1.165) is 13.1 Å². The second-order valence-corrected chi connectivity index (χ2v) is 3.15. The molecule has 14 heavy (non-hydrogen) atoms. The lowest BCUT2D eigenvalue weighted by Gasteiger charge is -1.92. The van der Waals surface area contributed by atoms with Crippen LogP contribution in [0.3, 0.4) is 0 Å². The molecule has 0 amide bonds. The number of rotatable bonds is 5. The zero-order valence-corrected chi connectivity index (χ0v) is 9.24. The first kappa shape index (κ1) is 13.0. The van der Waals surface area contributed by atoms with Crippen molar-refractivity contribution in [2.24, 2.45) is 0 Å². The van der Waals surface area contributed by atoms with Crippen molar-refractivity contribution in [1.29, 1.82) is 5.26 Å². The Kier molecular flexibility index (Phi) is 6.87. The summed E-state index contributed by atoms with van der Waals surface area (Å²) in [6.07, 6.45) is 9.17. The van der Waals surface area contributed by atoms with Gasteiger partial charge in [-0.1, -0.05) is 13.3 Å². The minimum Gasteiger partial charge on any atom is -1.00 e. The first-order chi connectivity index (χ1) is 6.36. The Balaban J connectivity index is 0.00000169. The van der Waals surface area contributed by atoms with Crippen molar-refractivity contribution < 1.29 is 17.0 Å². The third kappa shape index (κ3) is 4.29. The van der Waals surface area contributed by atoms with Crippen LogP contribution in [-0.4, -0.2) is 4.57 Å². The Hall–Kier alpha value is -1.01. The molecule has 0 radical (unpaired) electrons. The van der Waals surface area contributed by atoms with Crippen molar-refractivity contribution in [2.45, 2.75) is 39.3 Å². The van der Waals surface area contributed by atoms with Gasteiger partial charge in [-0.25, -0.2) is 9.13 Å². The van der Waals surface area contributed by atoms with Crippen LogP contribution in [0, 0.1) is 11.3 Å². The molecule has 0 aromatic carbocycles. The lowest BCUT2D eigenvalue weighted by Crippen LogP contribution is -3.00. The number of nitriles is 1. The van der Waals surface area contributed by atoms with E-state index in [-0.39, 0.29) is 12.4 Å². The zero-order valence-electron chi connectivity index (χ0n) is 8.49. The predicted octanol–water partition coefficient (Wildman–Crippen LogP) is -1.51. The average molecular weight is 214 g/mol. The van der Waals surface area contributed by atoms with Gasteiger partial charge in [0, 0.05) is 0 Å². The molecule has 1 rings (SSSR count). The highest BCUT2D eigenvalue weighted by Crippen LogP contribution is 1.90. The molecule has 0 atom stereocenters. The molecule has 1 heterocycles. The molecule has 0 spiro atoms. The highest BCUT2D eigenvalue weighted by Gasteiger charge is 2.01. The SMILES string of the molecule is CCCC[n+]1ccn(CCC#N)c1.[Cl-]. The van der Waals surface area contributed by atoms with Crippen molar-refractivity contribution in [2.75, 3.05) is 0 Å². The Bertz CT molecular complexity index is 288. The number of hydrogen-bond acceptors (Lipinski definition) is 1. The van der Waals surface area contributed by atoms with Crippen LogP contribution in [0.15, 0.2) is 18.7 Å². The third-order valence-corrected chi connectivity index (χ3v) is 2.00. The van der Waals surface area contributed by atoms with Gasteiger partial charge in [0.15, 0.2) is 0 Å². The minimum absolute atomic E-state index is 0. The van der Waals surface area contributed by atoms with Gasteiger partial charge in [0.25, 0.3) is 0 Å². The highest BCUT2D eigenvalue weighted by atomic mass is 35.5. The highest BCUT2D eigenvalue weighted by molar-refractivity contribution is 4.73. The van der Waals surface area contributed by atoms with Crippen molar-refractivity contribution in [3.63, 3.8) is 0 Å². The number of halogens is 1. The summed E-state index contributed by atoms with van der Waals surface area (Å²) in [6.45, 7) is 4.07. The molecule has 1 aromatic heterocycles. The van der Waals surface area contributed by atoms with Gasteiger partial charge in [-0.15, -0.1) is 0 Å². The van der Waals surface area contributed by atoms with Gasteiger partial charge in [0.05, 0.1) is 19.0 Å². The fourth-order valence-electron chi connectivity index (χ4n) is 1.22. The standard InChI is InChI=1S/C10H16N3.ClH/c1-2-3-6-12-8-9-13(10-12)7-4-5-11;/h8-10H,2-4,6-7H2,1H3;1H/q+1;/p-1. The van der Waals surface area contributed by atoms with Crippen LogP contribution >= 0.6 is 0 Å². The maximum Gasteiger partial charge on any atom is 0.243 e. The summed E-state index contributed by atoms with van der Waals surface area (Å²) in [5.41, 5.74) is 0. The van der Waals surface area contributed by atoms with Gasteiger partial charge in [-0.05, 0) is 6.42 Å². The van der Waals surface area contributed by atoms with Gasteiger partial charge in [0.2, 0.25) is 6.33 Å². The van der Waals surface area contributed by atoms with Crippen LogP contribution in [0.25, 0.3) is 0 Å². The van der Waals surface area contributed by atoms with Gasteiger partial charge >= 0.3 is 0 Å². The average Bonchev–Trinajstić information content (AvgIpc) is 2.59. The Morgan fingerprint density at radius 1 is 1.50 bits per heavy atom. The number of aryl methyl sites for hydroxylation is 2. The number of unbranched alkanes of at least 4 members (excludes halogenated alkanes) is 1. The van der Waals surface area contributed by atoms with Crippen LogP contribution in [-0.2, 0) is 13.1 Å². The topological polar surface area (TPSA) is 32.6 Å². The lowest BCUT2D eigenvalue weighted by molar-refractivity contribution is -0.696. The minimum atomic E-state index is 0. The van der Waals surface area contributed by atoms with Gasteiger partial charge in [-0.2, -0.15) is 5.26 Å². The normalized spacial score (nSPS) is 9.14. The molecular formula is C10H16ClN3. The number of aromatic nitrogens is 2. The summed E-state index contributed by atoms with van der Waals surface area (Å²) >= 11 is 0. The first-order valence-corrected chi connectivity index (χ1v) is 4.78. The summed E-state index contributed by atoms with van der Waals surface area (Å²) in [4.78, 5) is 0. The fraction of sp³-hybridized carbons (Fsp3) is 0.600. The van der Waals surface area contributed by atoms with E-state index < -0.39 is 0 Å². The molecule has 0 saturated carbocycles. The molecule has 1 aromatic rings. The predicted molar refractivity (Wildman–Crippen MR) is 49.8 cm³/mol. The van der Waals surface area contributed by atoms with Crippen molar-refractivity contribution >= 4 is 0 Å². The quantitative estimate of drug-likeness (QED) is 0.548. The van der Waals surface area contributed by atoms with Gasteiger partial charge < -0.3 is 12.4 Å². The summed E-state index contributed by atoms with van der Waals surface area (Å²) in [6, 6.07) is 2.14. The number of hydrogen-bond donors (Lipinski definition) is 0. The summed E-state index contributed by atoms with van der Waals surface area (Å²) in [7, 11) is 0. The second-order valence-electron chi connectivity index (χ2n) is 3.15. The number of imidazole rings is 1. The Morgan fingerprint density at radius 3 is 2.93 bits per heavy atom. The summed E-state index contributed by atoms with van der Waals surface area (Å²) in [5.74, 6) is 0. The lowest BCUT2D eigenvalue weighted by atomic mass is 10.3. The molecule has 0 aliphatic rings. The van der Waals surface area contributed by atoms with Gasteiger partial charge in [0.1, 0.15) is 18.9 Å². The van der Waals surface area contributed by atoms with Gasteiger partial charge in [-0.3, -0.25) is 0 Å². The second kappa shape index (κ2) is 7.40. The third-order valence-electron chi connectivity index (χ3n) is 2.00. The van der Waals surface area contributed by atoms with Crippen molar-refractivity contribution in [1.82, 2.24) is 4.57 Å². The van der Waals surface area contributed by atoms with Crippen molar-refractivity contribution in [3.8, 4) is 6.07 Å². The molecule has 0 fully saturated rings. The fourth-order valence-corrected chi connectivity index (χ4v) is 1.22. The first-order valence-electron chi connectivity index (χ1n) is 4.78. The molecule has 0 aliphatic carbocycles. The van der Waals surface area contributed by atoms with Crippen LogP contribution < -0.4 is 17.0 Å². The largest absolute Gasteiger partial charge is 1.00 e. The molecule has 0 bridgehead atoms. The van der Waals surface area contributed by atoms with E-state index >= 15 is 0 Å². The van der Waals surface area contributed by atoms with E-state index in [2.05, 4.69) is 34.7 Å². The van der Waals surface area contributed by atoms with Crippen molar-refractivity contribution in [3.05, 3.63) is 18.7 Å². The Morgan fingerprint density at radius 2 is 2.29 bits per heavy atom. The smallest absolute Gasteiger partial charge is 0.243 e. The van der Waals surface area contributed by atoms with E-state index in [4.69, 9.17) is 5.26 Å². The molecule has 4 heteroatoms. The van der Waals surface area contributed by atoms with Crippen LogP contribution in [0.1, 0.15) is 26.2 Å². The number of nitrogens with zero attached hydrogens (tertiary/aromatic N) is 3. The van der Waals surface area contributed by atoms with E-state index in [1.54, 1.807) is 0 Å². The molecule has 0 unspecified atom stereocenters. The molecular weight excluding hydrogens is 198 g/mol. The molecule has 78 valence electrons. The molecule has 3 nitrogen and oxygen atoms in total. The molecule has 0 N–H and O–H groups in total. The maximum absolute atomic E-state index is 8.41. The van der Waals surface area contributed by atoms with Crippen LogP contribution in [0.5, 0.6) is 0 Å².